The maximum absolute atomic E-state index is 13.0. The summed E-state index contributed by atoms with van der Waals surface area (Å²) in [5.41, 5.74) is 2.88. The lowest BCUT2D eigenvalue weighted by Crippen LogP contribution is -2.50. The Morgan fingerprint density at radius 2 is 1.82 bits per heavy atom. The van der Waals surface area contributed by atoms with E-state index in [0.29, 0.717) is 24.1 Å². The molecular formula is C21H28N2O3S2. The highest BCUT2D eigenvalue weighted by Crippen LogP contribution is 2.32. The molecule has 0 saturated carbocycles. The van der Waals surface area contributed by atoms with Gasteiger partial charge in [-0.05, 0) is 42.7 Å². The maximum Gasteiger partial charge on any atom is 0.165 e. The van der Waals surface area contributed by atoms with Crippen molar-refractivity contribution in [1.82, 2.24) is 10.6 Å². The van der Waals surface area contributed by atoms with Crippen LogP contribution in [0.2, 0.25) is 0 Å². The van der Waals surface area contributed by atoms with E-state index >= 15 is 0 Å². The average Bonchev–Trinajstić information content (AvgIpc) is 3.40. The summed E-state index contributed by atoms with van der Waals surface area (Å²) < 4.78 is 0. The lowest BCUT2D eigenvalue weighted by atomic mass is 9.81. The molecule has 3 N–H and O–H groups in total. The van der Waals surface area contributed by atoms with E-state index in [-0.39, 0.29) is 34.7 Å². The number of aliphatic hydroxyl groups is 1. The highest BCUT2D eigenvalue weighted by Gasteiger charge is 2.44. The minimum absolute atomic E-state index is 0.0506. The van der Waals surface area contributed by atoms with E-state index in [1.807, 2.05) is 0 Å². The lowest BCUT2D eigenvalue weighted by molar-refractivity contribution is -0.125. The van der Waals surface area contributed by atoms with Gasteiger partial charge in [0.05, 0.1) is 23.1 Å². The summed E-state index contributed by atoms with van der Waals surface area (Å²) in [7, 11) is 0. The van der Waals surface area contributed by atoms with Gasteiger partial charge in [-0.15, -0.1) is 23.5 Å². The topological polar surface area (TPSA) is 78.4 Å². The van der Waals surface area contributed by atoms with Gasteiger partial charge in [-0.25, -0.2) is 0 Å². The number of rotatable bonds is 7. The molecule has 0 bridgehead atoms. The third-order valence-corrected chi connectivity index (χ3v) is 8.67. The lowest BCUT2D eigenvalue weighted by Gasteiger charge is -2.25. The molecule has 2 heterocycles. The number of aliphatic hydroxyl groups excluding tert-OH is 1. The third kappa shape index (κ3) is 4.33. The van der Waals surface area contributed by atoms with Crippen LogP contribution >= 0.6 is 23.5 Å². The van der Waals surface area contributed by atoms with Gasteiger partial charge in [-0.1, -0.05) is 24.3 Å². The number of aryl methyl sites for hydroxylation is 1. The fourth-order valence-electron chi connectivity index (χ4n) is 4.55. The smallest absolute Gasteiger partial charge is 0.165 e. The zero-order chi connectivity index (χ0) is 19.5. The molecular weight excluding hydrogens is 392 g/mol. The van der Waals surface area contributed by atoms with Crippen LogP contribution in [0.1, 0.15) is 30.4 Å². The molecule has 4 rings (SSSR count). The van der Waals surface area contributed by atoms with Crippen LogP contribution in [0.3, 0.4) is 0 Å². The van der Waals surface area contributed by atoms with Crippen molar-refractivity contribution in [2.45, 2.75) is 54.7 Å². The van der Waals surface area contributed by atoms with Gasteiger partial charge >= 0.3 is 0 Å². The zero-order valence-corrected chi connectivity index (χ0v) is 17.6. The molecule has 1 aromatic carbocycles. The van der Waals surface area contributed by atoms with Crippen LogP contribution in [-0.4, -0.2) is 57.6 Å². The minimum Gasteiger partial charge on any atom is -0.395 e. The molecule has 3 aliphatic rings. The summed E-state index contributed by atoms with van der Waals surface area (Å²) in [4.78, 5) is 25.9. The monoisotopic (exact) mass is 420 g/mol. The predicted molar refractivity (Wildman–Crippen MR) is 115 cm³/mol. The Hall–Kier alpha value is -0.860. The van der Waals surface area contributed by atoms with Gasteiger partial charge in [0.15, 0.2) is 5.78 Å². The number of benzene rings is 1. The number of Topliss-reactive ketones (excluding diaryl/α,β-unsaturated/α-hetero) is 2. The van der Waals surface area contributed by atoms with E-state index in [1.165, 1.54) is 22.9 Å². The van der Waals surface area contributed by atoms with Gasteiger partial charge in [0, 0.05) is 24.2 Å². The number of carbonyl (C=O) groups excluding carboxylic acids is 2. The molecule has 2 fully saturated rings. The molecule has 2 saturated heterocycles. The van der Waals surface area contributed by atoms with Crippen LogP contribution in [0.4, 0.5) is 0 Å². The van der Waals surface area contributed by atoms with E-state index in [9.17, 15) is 14.7 Å². The Bertz CT molecular complexity index is 729. The molecule has 152 valence electrons. The Morgan fingerprint density at radius 1 is 1.07 bits per heavy atom. The average molecular weight is 421 g/mol. The maximum atomic E-state index is 13.0. The fourth-order valence-corrected chi connectivity index (χ4v) is 6.95. The van der Waals surface area contributed by atoms with E-state index in [4.69, 9.17) is 0 Å². The first kappa shape index (κ1) is 20.4. The summed E-state index contributed by atoms with van der Waals surface area (Å²) in [6.45, 7) is -0.0506. The number of hydrogen-bond donors (Lipinski definition) is 3. The van der Waals surface area contributed by atoms with Gasteiger partial charge < -0.3 is 10.4 Å². The van der Waals surface area contributed by atoms with Crippen molar-refractivity contribution in [2.75, 3.05) is 18.4 Å². The van der Waals surface area contributed by atoms with E-state index in [2.05, 4.69) is 34.9 Å². The molecule has 0 spiro atoms. The van der Waals surface area contributed by atoms with Crippen LogP contribution in [-0.2, 0) is 22.4 Å². The van der Waals surface area contributed by atoms with E-state index in [0.717, 1.165) is 25.7 Å². The molecule has 5 nitrogen and oxygen atoms in total. The SMILES string of the molecule is O=C(CC[C@H]1CCc2ccccc2C1)C1SCN[C@@H]1C(=O)C1SCN[C@@H]1CO. The van der Waals surface area contributed by atoms with Gasteiger partial charge in [0.1, 0.15) is 5.78 Å². The summed E-state index contributed by atoms with van der Waals surface area (Å²) in [5, 5.41) is 15.3. The van der Waals surface area contributed by atoms with Gasteiger partial charge in [-0.2, -0.15) is 0 Å². The molecule has 0 amide bonds. The largest absolute Gasteiger partial charge is 0.395 e. The highest BCUT2D eigenvalue weighted by atomic mass is 32.2. The summed E-state index contributed by atoms with van der Waals surface area (Å²) in [6, 6.07) is 7.99. The van der Waals surface area contributed by atoms with Gasteiger partial charge in [-0.3, -0.25) is 14.9 Å². The first-order valence-electron chi connectivity index (χ1n) is 10.1. The Labute approximate surface area is 174 Å². The molecule has 1 aliphatic carbocycles. The summed E-state index contributed by atoms with van der Waals surface area (Å²) in [5.74, 6) is 2.12. The normalized spacial score (nSPS) is 32.2. The highest BCUT2D eigenvalue weighted by molar-refractivity contribution is 8.01. The standard InChI is InChI=1S/C21H28N2O3S2/c24-10-16-20(27-11-22-16)19(26)18-21(28-12-23-18)17(25)8-6-13-5-7-14-3-1-2-4-15(14)9-13/h1-4,13,16,18,20-24H,5-12H2/t13-,16-,18-,20?,21?/m1/s1. The van der Waals surface area contributed by atoms with Gasteiger partial charge in [0.2, 0.25) is 0 Å². The second-order valence-corrected chi connectivity index (χ2v) is 10.2. The molecule has 0 radical (unpaired) electrons. The summed E-state index contributed by atoms with van der Waals surface area (Å²) >= 11 is 3.09. The molecule has 5 atom stereocenters. The number of ketones is 2. The van der Waals surface area contributed by atoms with E-state index in [1.54, 1.807) is 11.8 Å². The van der Waals surface area contributed by atoms with Crippen molar-refractivity contribution >= 4 is 35.1 Å². The Kier molecular flexibility index (Phi) is 6.78. The molecule has 0 aromatic heterocycles. The van der Waals surface area contributed by atoms with Crippen molar-refractivity contribution in [3.05, 3.63) is 35.4 Å². The van der Waals surface area contributed by atoms with Crippen molar-refractivity contribution in [3.8, 4) is 0 Å². The Morgan fingerprint density at radius 3 is 2.64 bits per heavy atom. The first-order chi connectivity index (χ1) is 13.7. The predicted octanol–water partition coefficient (Wildman–Crippen LogP) is 1.76. The Balaban J connectivity index is 1.32. The van der Waals surface area contributed by atoms with E-state index < -0.39 is 6.04 Å². The van der Waals surface area contributed by atoms with Crippen molar-refractivity contribution in [2.24, 2.45) is 5.92 Å². The molecule has 2 unspecified atom stereocenters. The number of carbonyl (C=O) groups is 2. The van der Waals surface area contributed by atoms with Gasteiger partial charge in [0.25, 0.3) is 0 Å². The molecule has 2 aliphatic heterocycles. The molecule has 28 heavy (non-hydrogen) atoms. The second-order valence-electron chi connectivity index (χ2n) is 7.92. The number of hydrogen-bond acceptors (Lipinski definition) is 7. The van der Waals surface area contributed by atoms with Crippen LogP contribution in [0.15, 0.2) is 24.3 Å². The first-order valence-corrected chi connectivity index (χ1v) is 12.2. The van der Waals surface area contributed by atoms with Crippen LogP contribution in [0, 0.1) is 5.92 Å². The number of nitrogens with one attached hydrogen (secondary N) is 2. The quantitative estimate of drug-likeness (QED) is 0.620. The molecule has 1 aromatic rings. The van der Waals surface area contributed by atoms with Crippen molar-refractivity contribution in [3.63, 3.8) is 0 Å². The fraction of sp³-hybridized carbons (Fsp3) is 0.619. The van der Waals surface area contributed by atoms with Crippen molar-refractivity contribution in [1.29, 1.82) is 0 Å². The summed E-state index contributed by atoms with van der Waals surface area (Å²) in [6.07, 6.45) is 4.76. The number of thioether (sulfide) groups is 2. The van der Waals surface area contributed by atoms with Crippen LogP contribution < -0.4 is 10.6 Å². The number of fused-ring (bicyclic) bond motifs is 1. The zero-order valence-electron chi connectivity index (χ0n) is 15.9. The third-order valence-electron chi connectivity index (χ3n) is 6.19. The second kappa shape index (κ2) is 9.30. The van der Waals surface area contributed by atoms with Crippen molar-refractivity contribution < 1.29 is 14.7 Å². The molecule has 7 heteroatoms. The van der Waals surface area contributed by atoms with Crippen LogP contribution in [0.5, 0.6) is 0 Å². The minimum atomic E-state index is -0.420. The van der Waals surface area contributed by atoms with Crippen LogP contribution in [0.25, 0.3) is 0 Å².